The van der Waals surface area contributed by atoms with E-state index >= 15 is 0 Å². The van der Waals surface area contributed by atoms with Crippen molar-refractivity contribution < 1.29 is 23.9 Å². The van der Waals surface area contributed by atoms with Gasteiger partial charge in [-0.05, 0) is 43.1 Å². The van der Waals surface area contributed by atoms with Crippen LogP contribution in [0.5, 0.6) is 0 Å². The molecule has 3 aliphatic rings. The van der Waals surface area contributed by atoms with Crippen molar-refractivity contribution in [2.75, 3.05) is 58.4 Å². The molecular formula is C27H48N4O5S3. The number of nitrogens with zero attached hydrogens (tertiary/aromatic N) is 3. The predicted molar refractivity (Wildman–Crippen MR) is 170 cm³/mol. The highest BCUT2D eigenvalue weighted by atomic mass is 32.1. The van der Waals surface area contributed by atoms with Crippen molar-refractivity contribution in [2.24, 2.45) is 5.41 Å². The van der Waals surface area contributed by atoms with E-state index in [-0.39, 0.29) is 90.2 Å². The highest BCUT2D eigenvalue weighted by Crippen LogP contribution is 2.31. The predicted octanol–water partition coefficient (Wildman–Crippen LogP) is 2.14. The third-order valence-corrected chi connectivity index (χ3v) is 7.14. The molecule has 0 spiro atoms. The normalized spacial score (nSPS) is 23.4. The number of nitrogens with one attached hydrogen (secondary N) is 1. The van der Waals surface area contributed by atoms with Crippen LogP contribution in [0, 0.1) is 5.41 Å². The Kier molecular flexibility index (Phi) is 15.0. The lowest BCUT2D eigenvalue weighted by Gasteiger charge is -2.34. The van der Waals surface area contributed by atoms with Gasteiger partial charge in [-0.1, -0.05) is 28.2 Å². The Morgan fingerprint density at radius 1 is 1.08 bits per heavy atom. The van der Waals surface area contributed by atoms with Gasteiger partial charge in [0.15, 0.2) is 5.78 Å². The number of piperazine rings is 1. The van der Waals surface area contributed by atoms with E-state index in [1.165, 1.54) is 0 Å². The van der Waals surface area contributed by atoms with E-state index in [1.54, 1.807) is 12.0 Å². The average Bonchev–Trinajstić information content (AvgIpc) is 3.38. The molecule has 3 heterocycles. The zero-order chi connectivity index (χ0) is 25.3. The van der Waals surface area contributed by atoms with Gasteiger partial charge in [0.1, 0.15) is 30.9 Å². The molecule has 4 atom stereocenters. The van der Waals surface area contributed by atoms with Gasteiger partial charge in [-0.2, -0.15) is 40.5 Å². The van der Waals surface area contributed by atoms with Gasteiger partial charge in [0.2, 0.25) is 5.91 Å². The average molecular weight is 605 g/mol. The van der Waals surface area contributed by atoms with E-state index in [0.717, 1.165) is 31.9 Å². The van der Waals surface area contributed by atoms with Crippen molar-refractivity contribution in [2.45, 2.75) is 58.9 Å². The van der Waals surface area contributed by atoms with Crippen molar-refractivity contribution in [1.29, 1.82) is 0 Å². The van der Waals surface area contributed by atoms with Crippen molar-refractivity contribution in [3.63, 3.8) is 0 Å². The summed E-state index contributed by atoms with van der Waals surface area (Å²) in [5, 5.41) is 2.96. The molecule has 0 aliphatic carbocycles. The molecule has 0 aromatic heterocycles. The number of methoxy groups -OCH3 is 1. The maximum Gasteiger partial charge on any atom is 0.251 e. The number of carbonyl (C=O) groups excluding carboxylic acids is 3. The van der Waals surface area contributed by atoms with Gasteiger partial charge in [-0.15, -0.1) is 0 Å². The monoisotopic (exact) mass is 604 g/mol. The largest absolute Gasteiger partial charge is 0.377 e. The smallest absolute Gasteiger partial charge is 0.251 e. The van der Waals surface area contributed by atoms with Crippen LogP contribution in [0.2, 0.25) is 0 Å². The highest BCUT2D eigenvalue weighted by Gasteiger charge is 2.53. The van der Waals surface area contributed by atoms with Crippen LogP contribution in [0.15, 0.2) is 24.3 Å². The number of hydrogen-bond acceptors (Lipinski definition) is 7. The first-order valence-electron chi connectivity index (χ1n) is 12.4. The summed E-state index contributed by atoms with van der Waals surface area (Å²) in [6.45, 7) is 10.3. The number of carbonyl (C=O) groups is 3. The Morgan fingerprint density at radius 3 is 2.21 bits per heavy atom. The number of benzene rings is 1. The van der Waals surface area contributed by atoms with Gasteiger partial charge in [-0.3, -0.25) is 14.4 Å². The third kappa shape index (κ3) is 8.77. The second-order valence-electron chi connectivity index (χ2n) is 11.1. The summed E-state index contributed by atoms with van der Waals surface area (Å²) < 4.78 is 11.1. The lowest BCUT2D eigenvalue weighted by molar-refractivity contribution is -0.138. The van der Waals surface area contributed by atoms with E-state index in [0.29, 0.717) is 12.0 Å². The standard InChI is InChI=1S/C26H38N4O5.CH4.3H2S/c1-26(2,3)14-19(25(33)30-15-21(34-5)23-22(30)20(31)16-35-23)27-24(32)17-6-8-18(9-7-17)29-12-10-28(4)11-13-29;;;;/h6-9,19,21-23H,10-16H2,1-5H3,(H,27,32);1H4;3*1H2/t19-,21+,22+,23+;;;;/m0..../s1. The van der Waals surface area contributed by atoms with Crippen LogP contribution in [-0.4, -0.2) is 105 Å². The van der Waals surface area contributed by atoms with Gasteiger partial charge in [0.05, 0.1) is 6.54 Å². The Balaban J connectivity index is 0.00000361. The van der Waals surface area contributed by atoms with Crippen LogP contribution >= 0.6 is 40.5 Å². The number of ketones is 1. The minimum Gasteiger partial charge on any atom is -0.377 e. The number of fused-ring (bicyclic) bond motifs is 1. The fourth-order valence-corrected chi connectivity index (χ4v) is 5.19. The number of likely N-dealkylation sites (N-methyl/N-ethyl adjacent to an activating group) is 1. The van der Waals surface area contributed by atoms with Crippen LogP contribution in [0.25, 0.3) is 0 Å². The molecule has 0 radical (unpaired) electrons. The number of hydrogen-bond donors (Lipinski definition) is 1. The van der Waals surface area contributed by atoms with Crippen LogP contribution in [-0.2, 0) is 19.1 Å². The highest BCUT2D eigenvalue weighted by molar-refractivity contribution is 7.59. The topological polar surface area (TPSA) is 91.4 Å². The van der Waals surface area contributed by atoms with Crippen LogP contribution in [0.3, 0.4) is 0 Å². The number of ether oxygens (including phenoxy) is 2. The zero-order valence-electron chi connectivity index (χ0n) is 23.0. The number of anilines is 1. The molecule has 3 fully saturated rings. The van der Waals surface area contributed by atoms with Crippen molar-refractivity contribution in [3.8, 4) is 0 Å². The molecule has 3 saturated heterocycles. The Bertz CT molecular complexity index is 952. The van der Waals surface area contributed by atoms with Gasteiger partial charge in [-0.25, -0.2) is 0 Å². The maximum absolute atomic E-state index is 13.7. The van der Waals surface area contributed by atoms with E-state index in [2.05, 4.69) is 22.2 Å². The van der Waals surface area contributed by atoms with E-state index in [1.807, 2.05) is 45.0 Å². The molecule has 1 aromatic rings. The molecule has 3 aliphatic heterocycles. The van der Waals surface area contributed by atoms with Gasteiger partial charge < -0.3 is 29.5 Å². The minimum atomic E-state index is -0.760. The SMILES string of the molecule is C.CO[C@@H]1CN(C(=O)[C@H](CC(C)(C)C)NC(=O)c2ccc(N3CCN(C)CC3)cc2)[C@@H]2C(=O)CO[C@@H]21.S.S.S. The molecule has 4 rings (SSSR count). The number of rotatable bonds is 6. The van der Waals surface area contributed by atoms with Gasteiger partial charge in [0, 0.05) is 44.5 Å². The minimum absolute atomic E-state index is 0. The van der Waals surface area contributed by atoms with Gasteiger partial charge in [0.25, 0.3) is 5.91 Å². The Labute approximate surface area is 254 Å². The van der Waals surface area contributed by atoms with Crippen LogP contribution < -0.4 is 10.2 Å². The maximum atomic E-state index is 13.7. The molecule has 224 valence electrons. The molecule has 2 amide bonds. The molecule has 1 aromatic carbocycles. The molecule has 0 unspecified atom stereocenters. The fraction of sp³-hybridized carbons (Fsp3) is 0.667. The second kappa shape index (κ2) is 15.5. The van der Waals surface area contributed by atoms with Gasteiger partial charge >= 0.3 is 0 Å². The molecule has 12 heteroatoms. The number of amides is 2. The molecule has 1 N–H and O–H groups in total. The lowest BCUT2D eigenvalue weighted by Crippen LogP contribution is -2.53. The first kappa shape index (κ1) is 37.6. The molecule has 39 heavy (non-hydrogen) atoms. The van der Waals surface area contributed by atoms with Crippen molar-refractivity contribution >= 4 is 63.8 Å². The van der Waals surface area contributed by atoms with Crippen LogP contribution in [0.1, 0.15) is 45.0 Å². The first-order valence-corrected chi connectivity index (χ1v) is 12.4. The summed E-state index contributed by atoms with van der Waals surface area (Å²) in [7, 11) is 3.68. The number of Topliss-reactive ketones (excluding diaryl/α,β-unsaturated/α-hetero) is 1. The van der Waals surface area contributed by atoms with Crippen LogP contribution in [0.4, 0.5) is 5.69 Å². The second-order valence-corrected chi connectivity index (χ2v) is 11.1. The summed E-state index contributed by atoms with van der Waals surface area (Å²) in [5.74, 6) is -0.690. The lowest BCUT2D eigenvalue weighted by atomic mass is 9.87. The Morgan fingerprint density at radius 2 is 1.67 bits per heavy atom. The summed E-state index contributed by atoms with van der Waals surface area (Å²) in [4.78, 5) is 45.5. The quantitative estimate of drug-likeness (QED) is 0.532. The number of likely N-dealkylation sites (tertiary alicyclic amines) is 1. The van der Waals surface area contributed by atoms with Crippen molar-refractivity contribution in [3.05, 3.63) is 29.8 Å². The van der Waals surface area contributed by atoms with Crippen molar-refractivity contribution in [1.82, 2.24) is 15.1 Å². The third-order valence-electron chi connectivity index (χ3n) is 7.14. The molecule has 9 nitrogen and oxygen atoms in total. The fourth-order valence-electron chi connectivity index (χ4n) is 5.19. The summed E-state index contributed by atoms with van der Waals surface area (Å²) in [5.41, 5.74) is 1.38. The van der Waals surface area contributed by atoms with E-state index < -0.39 is 18.2 Å². The summed E-state index contributed by atoms with van der Waals surface area (Å²) >= 11 is 0. The zero-order valence-corrected chi connectivity index (χ0v) is 26.0. The Hall–Kier alpha value is -1.44. The van der Waals surface area contributed by atoms with E-state index in [4.69, 9.17) is 9.47 Å². The molecule has 0 bridgehead atoms. The molecule has 0 saturated carbocycles. The summed E-state index contributed by atoms with van der Waals surface area (Å²) in [6.07, 6.45) is -0.370. The molecular weight excluding hydrogens is 557 g/mol. The first-order chi connectivity index (χ1) is 16.6. The van der Waals surface area contributed by atoms with E-state index in [9.17, 15) is 14.4 Å². The summed E-state index contributed by atoms with van der Waals surface area (Å²) in [6, 6.07) is 6.12.